The first-order chi connectivity index (χ1) is 16.5. The van der Waals surface area contributed by atoms with Crippen molar-refractivity contribution in [1.29, 1.82) is 0 Å². The molecule has 10 nitrogen and oxygen atoms in total. The molecule has 3 atom stereocenters. The second kappa shape index (κ2) is 7.73. The minimum atomic E-state index is -4.78. The number of fused-ring (bicyclic) bond motifs is 4. The van der Waals surface area contributed by atoms with Gasteiger partial charge in [0.2, 0.25) is 23.5 Å². The van der Waals surface area contributed by atoms with Crippen molar-refractivity contribution in [2.45, 2.75) is 51.1 Å². The third-order valence-electron chi connectivity index (χ3n) is 6.61. The molecular formula is C21H19F4N5O5. The van der Waals surface area contributed by atoms with Gasteiger partial charge in [-0.05, 0) is 24.1 Å². The molecule has 3 aliphatic heterocycles. The molecule has 14 heteroatoms. The van der Waals surface area contributed by atoms with E-state index in [1.54, 1.807) is 0 Å². The summed E-state index contributed by atoms with van der Waals surface area (Å²) in [5.41, 5.74) is -2.02. The highest BCUT2D eigenvalue weighted by Crippen LogP contribution is 2.50. The number of morpholine rings is 1. The molecule has 2 aromatic rings. The zero-order valence-electron chi connectivity index (χ0n) is 18.4. The van der Waals surface area contributed by atoms with Crippen LogP contribution in [0.5, 0.6) is 0 Å². The number of barbiturate groups is 1. The summed E-state index contributed by atoms with van der Waals surface area (Å²) < 4.78 is 67.0. The molecule has 4 amide bonds. The highest BCUT2D eigenvalue weighted by atomic mass is 19.4. The molecule has 0 aliphatic carbocycles. The Morgan fingerprint density at radius 3 is 2.46 bits per heavy atom. The molecule has 0 unspecified atom stereocenters. The number of carbonyl (C=O) groups excluding carboxylic acids is 3. The standard InChI is InChI=1S/C21H19F4N5O5/c1-3-12-15-20(17(31)27-19(33)28-18(20)32)6-10-4-9(16-26-8(2)35-29-16)5-11(22)14(10)30(15)7-13(34-12)21(23,24)25/h4-5,12-13,15H,3,6-7H2,1-2H3,(H2,27,28,31,32,33)/t12-,13-,15+/m0/s1. The molecule has 4 heterocycles. The van der Waals surface area contributed by atoms with Gasteiger partial charge in [0.15, 0.2) is 11.5 Å². The number of anilines is 1. The lowest BCUT2D eigenvalue weighted by molar-refractivity contribution is -0.245. The number of ether oxygens (including phenoxy) is 1. The lowest BCUT2D eigenvalue weighted by atomic mass is 9.66. The van der Waals surface area contributed by atoms with Crippen LogP contribution >= 0.6 is 0 Å². The Morgan fingerprint density at radius 1 is 1.20 bits per heavy atom. The number of aromatic nitrogens is 2. The minimum Gasteiger partial charge on any atom is -0.361 e. The second-order valence-electron chi connectivity index (χ2n) is 8.70. The van der Waals surface area contributed by atoms with Crippen LogP contribution in [0.15, 0.2) is 16.7 Å². The van der Waals surface area contributed by atoms with Gasteiger partial charge in [-0.25, -0.2) is 9.18 Å². The van der Waals surface area contributed by atoms with Gasteiger partial charge < -0.3 is 14.2 Å². The van der Waals surface area contributed by atoms with E-state index < -0.39 is 66.5 Å². The van der Waals surface area contributed by atoms with E-state index in [1.807, 2.05) is 10.6 Å². The lowest BCUT2D eigenvalue weighted by Gasteiger charge is -2.56. The Labute approximate surface area is 195 Å². The number of urea groups is 1. The van der Waals surface area contributed by atoms with Crippen LogP contribution in [-0.2, 0) is 20.7 Å². The van der Waals surface area contributed by atoms with Crippen molar-refractivity contribution >= 4 is 23.5 Å². The Hall–Kier alpha value is -3.55. The minimum absolute atomic E-state index is 0.0127. The van der Waals surface area contributed by atoms with Crippen molar-refractivity contribution in [2.75, 3.05) is 11.4 Å². The number of hydrogen-bond donors (Lipinski definition) is 2. The third kappa shape index (κ3) is 3.46. The number of benzene rings is 1. The number of aryl methyl sites for hydroxylation is 1. The summed E-state index contributed by atoms with van der Waals surface area (Å²) >= 11 is 0. The van der Waals surface area contributed by atoms with Crippen molar-refractivity contribution in [1.82, 2.24) is 20.8 Å². The molecule has 0 bridgehead atoms. The maximum absolute atomic E-state index is 15.6. The molecule has 5 rings (SSSR count). The maximum Gasteiger partial charge on any atom is 0.416 e. The molecule has 2 N–H and O–H groups in total. The number of rotatable bonds is 2. The maximum atomic E-state index is 15.6. The summed E-state index contributed by atoms with van der Waals surface area (Å²) in [6.45, 7) is 2.20. The average molecular weight is 497 g/mol. The van der Waals surface area contributed by atoms with Crippen LogP contribution in [0.3, 0.4) is 0 Å². The number of nitrogens with zero attached hydrogens (tertiary/aromatic N) is 3. The Kier molecular flexibility index (Phi) is 5.12. The fraction of sp³-hybridized carbons (Fsp3) is 0.476. The molecule has 0 saturated carbocycles. The summed E-state index contributed by atoms with van der Waals surface area (Å²) in [5, 5.41) is 7.81. The third-order valence-corrected chi connectivity index (χ3v) is 6.61. The monoisotopic (exact) mass is 497 g/mol. The van der Waals surface area contributed by atoms with Crippen molar-refractivity contribution in [3.63, 3.8) is 0 Å². The number of alkyl halides is 3. The predicted molar refractivity (Wildman–Crippen MR) is 108 cm³/mol. The molecule has 1 aromatic carbocycles. The van der Waals surface area contributed by atoms with Crippen LogP contribution in [-0.4, -0.2) is 59.0 Å². The largest absolute Gasteiger partial charge is 0.416 e. The Balaban J connectivity index is 1.73. The second-order valence-corrected chi connectivity index (χ2v) is 8.70. The highest BCUT2D eigenvalue weighted by Gasteiger charge is 2.65. The van der Waals surface area contributed by atoms with Crippen LogP contribution in [0.25, 0.3) is 11.4 Å². The number of imide groups is 2. The molecule has 0 radical (unpaired) electrons. The summed E-state index contributed by atoms with van der Waals surface area (Å²) in [6, 6.07) is 0.0980. The van der Waals surface area contributed by atoms with Crippen molar-refractivity contribution in [3.8, 4) is 11.4 Å². The quantitative estimate of drug-likeness (QED) is 0.477. The van der Waals surface area contributed by atoms with Crippen molar-refractivity contribution < 1.29 is 41.2 Å². The molecular weight excluding hydrogens is 478 g/mol. The first-order valence-electron chi connectivity index (χ1n) is 10.7. The highest BCUT2D eigenvalue weighted by molar-refractivity contribution is 6.20. The zero-order chi connectivity index (χ0) is 25.3. The summed E-state index contributed by atoms with van der Waals surface area (Å²) in [6.07, 6.45) is -8.75. The summed E-state index contributed by atoms with van der Waals surface area (Å²) in [7, 11) is 0. The van der Waals surface area contributed by atoms with Gasteiger partial charge in [0.25, 0.3) is 0 Å². The van der Waals surface area contributed by atoms with Gasteiger partial charge in [0.05, 0.1) is 24.4 Å². The Bertz CT molecular complexity index is 1230. The van der Waals surface area contributed by atoms with Gasteiger partial charge in [-0.1, -0.05) is 12.1 Å². The van der Waals surface area contributed by atoms with E-state index in [9.17, 15) is 27.6 Å². The fourth-order valence-corrected chi connectivity index (χ4v) is 5.19. The van der Waals surface area contributed by atoms with E-state index in [4.69, 9.17) is 9.26 Å². The molecule has 1 aromatic heterocycles. The van der Waals surface area contributed by atoms with Crippen LogP contribution in [0.2, 0.25) is 0 Å². The van der Waals surface area contributed by atoms with Gasteiger partial charge in [-0.2, -0.15) is 18.2 Å². The normalized spacial score (nSPS) is 25.7. The van der Waals surface area contributed by atoms with E-state index in [0.29, 0.717) is 0 Å². The first kappa shape index (κ1) is 23.2. The Morgan fingerprint density at radius 2 is 1.89 bits per heavy atom. The van der Waals surface area contributed by atoms with E-state index in [1.165, 1.54) is 19.9 Å². The SMILES string of the molecule is CC[C@@H]1O[C@H](C(F)(F)F)CN2c3c(F)cc(-c4noc(C)n4)cc3CC3(C(=O)NC(=O)NC3=O)[C@@H]12. The van der Waals surface area contributed by atoms with Gasteiger partial charge in [0, 0.05) is 18.9 Å². The van der Waals surface area contributed by atoms with E-state index in [-0.39, 0.29) is 35.0 Å². The molecule has 186 valence electrons. The summed E-state index contributed by atoms with van der Waals surface area (Å²) in [5.74, 6) is -2.66. The number of amides is 4. The zero-order valence-corrected chi connectivity index (χ0v) is 18.4. The van der Waals surface area contributed by atoms with Crippen LogP contribution in [0, 0.1) is 18.2 Å². The lowest BCUT2D eigenvalue weighted by Crippen LogP contribution is -2.76. The summed E-state index contributed by atoms with van der Waals surface area (Å²) in [4.78, 5) is 43.3. The molecule has 35 heavy (non-hydrogen) atoms. The molecule has 1 spiro atoms. The van der Waals surface area contributed by atoms with Crippen molar-refractivity contribution in [3.05, 3.63) is 29.4 Å². The first-order valence-corrected chi connectivity index (χ1v) is 10.7. The average Bonchev–Trinajstić information content (AvgIpc) is 3.21. The molecule has 2 saturated heterocycles. The van der Waals surface area contributed by atoms with Gasteiger partial charge in [-0.3, -0.25) is 20.2 Å². The van der Waals surface area contributed by atoms with Gasteiger partial charge >= 0.3 is 12.2 Å². The van der Waals surface area contributed by atoms with E-state index >= 15 is 4.39 Å². The van der Waals surface area contributed by atoms with Crippen molar-refractivity contribution in [2.24, 2.45) is 5.41 Å². The smallest absolute Gasteiger partial charge is 0.361 e. The fourth-order valence-electron chi connectivity index (χ4n) is 5.19. The van der Waals surface area contributed by atoms with E-state index in [2.05, 4.69) is 10.1 Å². The number of carbonyl (C=O) groups is 3. The number of hydrogen-bond acceptors (Lipinski definition) is 8. The van der Waals surface area contributed by atoms with Gasteiger partial charge in [0.1, 0.15) is 5.82 Å². The molecule has 2 fully saturated rings. The van der Waals surface area contributed by atoms with Crippen LogP contribution < -0.4 is 15.5 Å². The number of nitrogens with one attached hydrogen (secondary N) is 2. The number of halogens is 4. The van der Waals surface area contributed by atoms with Crippen LogP contribution in [0.1, 0.15) is 24.8 Å². The van der Waals surface area contributed by atoms with E-state index in [0.717, 1.165) is 11.0 Å². The topological polar surface area (TPSA) is 127 Å². The molecule has 3 aliphatic rings. The van der Waals surface area contributed by atoms with Gasteiger partial charge in [-0.15, -0.1) is 0 Å². The van der Waals surface area contributed by atoms with Crippen LogP contribution in [0.4, 0.5) is 28.0 Å². The predicted octanol–water partition coefficient (Wildman–Crippen LogP) is 2.01.